The van der Waals surface area contributed by atoms with E-state index in [2.05, 4.69) is 13.5 Å². The molecule has 0 saturated heterocycles. The summed E-state index contributed by atoms with van der Waals surface area (Å²) in [4.78, 5) is 10.9. The van der Waals surface area contributed by atoms with Crippen molar-refractivity contribution < 1.29 is 9.90 Å². The van der Waals surface area contributed by atoms with Crippen molar-refractivity contribution >= 4 is 5.97 Å². The zero-order chi connectivity index (χ0) is 10.3. The molecule has 1 N–H and O–H groups in total. The summed E-state index contributed by atoms with van der Waals surface area (Å²) in [6.07, 6.45) is 5.44. The number of aliphatic carboxylic acids is 1. The van der Waals surface area contributed by atoms with Crippen molar-refractivity contribution in [3.05, 3.63) is 12.7 Å². The van der Waals surface area contributed by atoms with Gasteiger partial charge in [-0.3, -0.25) is 4.79 Å². The van der Waals surface area contributed by atoms with Crippen LogP contribution in [0, 0.1) is 11.8 Å². The van der Waals surface area contributed by atoms with Gasteiger partial charge in [-0.1, -0.05) is 32.8 Å². The van der Waals surface area contributed by atoms with Crippen molar-refractivity contribution in [2.24, 2.45) is 11.8 Å². The van der Waals surface area contributed by atoms with Crippen molar-refractivity contribution in [1.29, 1.82) is 0 Å². The van der Waals surface area contributed by atoms with Crippen molar-refractivity contribution in [2.75, 3.05) is 0 Å². The molecule has 0 aromatic rings. The normalized spacial score (nSPS) is 14.9. The standard InChI is InChI=1S/C11H20O2/c1-4-6-8-10(11(12)13)9(3)7-5-2/h5,9-10H,2,4,6-8H2,1,3H3,(H,12,13). The molecule has 76 valence electrons. The molecule has 2 heteroatoms. The van der Waals surface area contributed by atoms with Crippen LogP contribution < -0.4 is 0 Å². The Morgan fingerprint density at radius 1 is 1.62 bits per heavy atom. The van der Waals surface area contributed by atoms with E-state index in [1.54, 1.807) is 6.08 Å². The lowest BCUT2D eigenvalue weighted by Gasteiger charge is -2.18. The summed E-state index contributed by atoms with van der Waals surface area (Å²) in [6, 6.07) is 0. The Labute approximate surface area is 80.7 Å². The molecule has 0 spiro atoms. The van der Waals surface area contributed by atoms with Gasteiger partial charge >= 0.3 is 5.97 Å². The first kappa shape index (κ1) is 12.2. The maximum Gasteiger partial charge on any atom is 0.306 e. The summed E-state index contributed by atoms with van der Waals surface area (Å²) in [5.41, 5.74) is 0. The van der Waals surface area contributed by atoms with E-state index in [9.17, 15) is 4.79 Å². The lowest BCUT2D eigenvalue weighted by atomic mass is 9.87. The van der Waals surface area contributed by atoms with Crippen LogP contribution in [0.1, 0.15) is 39.5 Å². The SMILES string of the molecule is C=CCC(C)C(CCCC)C(=O)O. The number of carbonyl (C=O) groups is 1. The number of hydrogen-bond acceptors (Lipinski definition) is 1. The quantitative estimate of drug-likeness (QED) is 0.617. The van der Waals surface area contributed by atoms with E-state index in [-0.39, 0.29) is 11.8 Å². The minimum atomic E-state index is -0.664. The van der Waals surface area contributed by atoms with Crippen LogP contribution in [0.3, 0.4) is 0 Å². The van der Waals surface area contributed by atoms with Crippen LogP contribution in [0.15, 0.2) is 12.7 Å². The lowest BCUT2D eigenvalue weighted by Crippen LogP contribution is -2.21. The average molecular weight is 184 g/mol. The molecular formula is C11H20O2. The molecule has 0 amide bonds. The Morgan fingerprint density at radius 3 is 2.62 bits per heavy atom. The van der Waals surface area contributed by atoms with E-state index in [0.29, 0.717) is 0 Å². The highest BCUT2D eigenvalue weighted by Gasteiger charge is 2.22. The summed E-state index contributed by atoms with van der Waals surface area (Å²) in [7, 11) is 0. The molecule has 0 fully saturated rings. The topological polar surface area (TPSA) is 37.3 Å². The molecule has 0 heterocycles. The molecule has 0 aromatic carbocycles. The first-order valence-corrected chi connectivity index (χ1v) is 4.97. The first-order chi connectivity index (χ1) is 6.13. The minimum Gasteiger partial charge on any atom is -0.481 e. The van der Waals surface area contributed by atoms with Gasteiger partial charge in [0.25, 0.3) is 0 Å². The largest absolute Gasteiger partial charge is 0.481 e. The van der Waals surface area contributed by atoms with Gasteiger partial charge in [0.1, 0.15) is 0 Å². The fraction of sp³-hybridized carbons (Fsp3) is 0.727. The minimum absolute atomic E-state index is 0.196. The van der Waals surface area contributed by atoms with Gasteiger partial charge < -0.3 is 5.11 Å². The maximum absolute atomic E-state index is 10.9. The molecule has 0 rings (SSSR count). The smallest absolute Gasteiger partial charge is 0.306 e. The predicted molar refractivity (Wildman–Crippen MR) is 54.6 cm³/mol. The maximum atomic E-state index is 10.9. The zero-order valence-electron chi connectivity index (χ0n) is 8.62. The second kappa shape index (κ2) is 6.70. The van der Waals surface area contributed by atoms with Crippen LogP contribution in [0.2, 0.25) is 0 Å². The Hall–Kier alpha value is -0.790. The highest BCUT2D eigenvalue weighted by Crippen LogP contribution is 2.21. The van der Waals surface area contributed by atoms with E-state index in [4.69, 9.17) is 5.11 Å². The van der Waals surface area contributed by atoms with Crippen LogP contribution in [0.5, 0.6) is 0 Å². The second-order valence-corrected chi connectivity index (χ2v) is 3.59. The molecule has 0 saturated carbocycles. The van der Waals surface area contributed by atoms with Gasteiger partial charge in [0.2, 0.25) is 0 Å². The molecule has 0 aliphatic heterocycles. The molecule has 0 aliphatic carbocycles. The number of unbranched alkanes of at least 4 members (excludes halogenated alkanes) is 1. The molecule has 0 aromatic heterocycles. The van der Waals surface area contributed by atoms with Gasteiger partial charge in [-0.15, -0.1) is 6.58 Å². The summed E-state index contributed by atoms with van der Waals surface area (Å²) >= 11 is 0. The average Bonchev–Trinajstić information content (AvgIpc) is 2.05. The lowest BCUT2D eigenvalue weighted by molar-refractivity contribution is -0.143. The molecular weight excluding hydrogens is 164 g/mol. The number of carboxylic acids is 1. The number of rotatable bonds is 7. The highest BCUT2D eigenvalue weighted by atomic mass is 16.4. The molecule has 0 aliphatic rings. The van der Waals surface area contributed by atoms with Crippen LogP contribution in [0.4, 0.5) is 0 Å². The Bertz CT molecular complexity index is 163. The first-order valence-electron chi connectivity index (χ1n) is 4.97. The zero-order valence-corrected chi connectivity index (χ0v) is 8.62. The van der Waals surface area contributed by atoms with Crippen molar-refractivity contribution in [1.82, 2.24) is 0 Å². The summed E-state index contributed by atoms with van der Waals surface area (Å²) < 4.78 is 0. The number of hydrogen-bond donors (Lipinski definition) is 1. The van der Waals surface area contributed by atoms with E-state index in [1.165, 1.54) is 0 Å². The van der Waals surface area contributed by atoms with E-state index in [1.807, 2.05) is 6.92 Å². The second-order valence-electron chi connectivity index (χ2n) is 3.59. The molecule has 0 bridgehead atoms. The third-order valence-electron chi connectivity index (χ3n) is 2.41. The van der Waals surface area contributed by atoms with Crippen molar-refractivity contribution in [3.8, 4) is 0 Å². The van der Waals surface area contributed by atoms with Crippen LogP contribution in [0.25, 0.3) is 0 Å². The predicted octanol–water partition coefficient (Wildman–Crippen LogP) is 3.09. The van der Waals surface area contributed by atoms with Crippen LogP contribution in [-0.4, -0.2) is 11.1 Å². The van der Waals surface area contributed by atoms with Crippen molar-refractivity contribution in [3.63, 3.8) is 0 Å². The van der Waals surface area contributed by atoms with E-state index < -0.39 is 5.97 Å². The highest BCUT2D eigenvalue weighted by molar-refractivity contribution is 5.70. The van der Waals surface area contributed by atoms with Gasteiger partial charge in [0, 0.05) is 0 Å². The number of allylic oxidation sites excluding steroid dienone is 1. The monoisotopic (exact) mass is 184 g/mol. The Balaban J connectivity index is 4.06. The van der Waals surface area contributed by atoms with Crippen molar-refractivity contribution in [2.45, 2.75) is 39.5 Å². The summed E-state index contributed by atoms with van der Waals surface area (Å²) in [5.74, 6) is -0.651. The van der Waals surface area contributed by atoms with Crippen LogP contribution >= 0.6 is 0 Å². The third kappa shape index (κ3) is 4.71. The summed E-state index contributed by atoms with van der Waals surface area (Å²) in [5, 5.41) is 8.96. The Kier molecular flexibility index (Phi) is 6.29. The Morgan fingerprint density at radius 2 is 2.23 bits per heavy atom. The molecule has 0 radical (unpaired) electrons. The van der Waals surface area contributed by atoms with E-state index in [0.717, 1.165) is 25.7 Å². The summed E-state index contributed by atoms with van der Waals surface area (Å²) in [6.45, 7) is 7.69. The van der Waals surface area contributed by atoms with Gasteiger partial charge in [0.05, 0.1) is 5.92 Å². The fourth-order valence-electron chi connectivity index (χ4n) is 1.50. The molecule has 2 unspecified atom stereocenters. The molecule has 2 atom stereocenters. The van der Waals surface area contributed by atoms with Gasteiger partial charge in [-0.05, 0) is 18.8 Å². The molecule has 2 nitrogen and oxygen atoms in total. The van der Waals surface area contributed by atoms with Gasteiger partial charge in [0.15, 0.2) is 0 Å². The third-order valence-corrected chi connectivity index (χ3v) is 2.41. The van der Waals surface area contributed by atoms with Crippen LogP contribution in [-0.2, 0) is 4.79 Å². The fourth-order valence-corrected chi connectivity index (χ4v) is 1.50. The molecule has 13 heavy (non-hydrogen) atoms. The van der Waals surface area contributed by atoms with Gasteiger partial charge in [-0.2, -0.15) is 0 Å². The number of carboxylic acid groups (broad SMARTS) is 1. The van der Waals surface area contributed by atoms with E-state index >= 15 is 0 Å². The van der Waals surface area contributed by atoms with Gasteiger partial charge in [-0.25, -0.2) is 0 Å².